The van der Waals surface area contributed by atoms with Crippen molar-refractivity contribution in [3.05, 3.63) is 29.4 Å². The number of hydrogen-bond donors (Lipinski definition) is 0. The maximum absolute atomic E-state index is 5.38. The third-order valence-electron chi connectivity index (χ3n) is 4.62. The van der Waals surface area contributed by atoms with E-state index in [2.05, 4.69) is 31.5 Å². The van der Waals surface area contributed by atoms with E-state index in [1.54, 1.807) is 0 Å². The van der Waals surface area contributed by atoms with Crippen LogP contribution in [0, 0.1) is 0 Å². The predicted molar refractivity (Wildman–Crippen MR) is 76.7 cm³/mol. The Morgan fingerprint density at radius 3 is 3.00 bits per heavy atom. The van der Waals surface area contributed by atoms with Gasteiger partial charge in [-0.15, -0.1) is 0 Å². The largest absolute Gasteiger partial charge is 0.338 e. The predicted octanol–water partition coefficient (Wildman–Crippen LogP) is 2.28. The average Bonchev–Trinajstić information content (AvgIpc) is 3.10. The first-order valence-corrected chi connectivity index (χ1v) is 7.87. The molecule has 0 aromatic carbocycles. The lowest BCUT2D eigenvalue weighted by molar-refractivity contribution is 0.154. The average molecular weight is 287 g/mol. The van der Waals surface area contributed by atoms with E-state index in [1.165, 1.54) is 24.2 Å². The number of imidazole rings is 1. The summed E-state index contributed by atoms with van der Waals surface area (Å²) in [5, 5.41) is 4.00. The van der Waals surface area contributed by atoms with Crippen LogP contribution >= 0.6 is 0 Å². The van der Waals surface area contributed by atoms with Gasteiger partial charge in [-0.1, -0.05) is 12.1 Å². The molecule has 0 unspecified atom stereocenters. The number of fused-ring (bicyclic) bond motifs is 1. The summed E-state index contributed by atoms with van der Waals surface area (Å²) in [5.74, 6) is 1.50. The molecule has 2 aromatic heterocycles. The fourth-order valence-electron chi connectivity index (χ4n) is 3.09. The molecule has 3 heterocycles. The monoisotopic (exact) mass is 287 g/mol. The van der Waals surface area contributed by atoms with Gasteiger partial charge in [-0.2, -0.15) is 4.98 Å². The van der Waals surface area contributed by atoms with Crippen LogP contribution in [0.5, 0.6) is 0 Å². The standard InChI is InChI=1S/C15H21N5O/c1-3-14-17-15(21-18-14)10(2)19-7-6-13-12(8-19)16-9-20(13)11-4-5-11/h9-11H,3-8H2,1-2H3/t10-/m0/s1. The van der Waals surface area contributed by atoms with Gasteiger partial charge in [0.15, 0.2) is 5.82 Å². The number of nitrogens with zero attached hydrogens (tertiary/aromatic N) is 5. The van der Waals surface area contributed by atoms with Gasteiger partial charge in [0.1, 0.15) is 0 Å². The first-order chi connectivity index (χ1) is 10.3. The van der Waals surface area contributed by atoms with Crippen molar-refractivity contribution in [2.75, 3.05) is 6.54 Å². The van der Waals surface area contributed by atoms with Gasteiger partial charge in [0.2, 0.25) is 5.89 Å². The van der Waals surface area contributed by atoms with Crippen LogP contribution in [0.15, 0.2) is 10.9 Å². The van der Waals surface area contributed by atoms with E-state index in [0.717, 1.165) is 37.6 Å². The van der Waals surface area contributed by atoms with Crippen LogP contribution < -0.4 is 0 Å². The molecule has 21 heavy (non-hydrogen) atoms. The minimum atomic E-state index is 0.150. The van der Waals surface area contributed by atoms with Gasteiger partial charge in [0.05, 0.1) is 18.1 Å². The first kappa shape index (κ1) is 13.0. The lowest BCUT2D eigenvalue weighted by Gasteiger charge is -2.30. The molecule has 4 rings (SSSR count). The van der Waals surface area contributed by atoms with E-state index >= 15 is 0 Å². The highest BCUT2D eigenvalue weighted by Gasteiger charge is 2.31. The topological polar surface area (TPSA) is 60.0 Å². The fourth-order valence-corrected chi connectivity index (χ4v) is 3.09. The maximum Gasteiger partial charge on any atom is 0.243 e. The lowest BCUT2D eigenvalue weighted by Crippen LogP contribution is -2.33. The van der Waals surface area contributed by atoms with Crippen LogP contribution in [0.1, 0.15) is 61.9 Å². The molecule has 1 fully saturated rings. The third kappa shape index (κ3) is 2.27. The minimum Gasteiger partial charge on any atom is -0.338 e. The zero-order chi connectivity index (χ0) is 14.4. The summed E-state index contributed by atoms with van der Waals surface area (Å²) in [6, 6.07) is 0.866. The fraction of sp³-hybridized carbons (Fsp3) is 0.667. The van der Waals surface area contributed by atoms with Crippen molar-refractivity contribution in [3.8, 4) is 0 Å². The molecule has 6 nitrogen and oxygen atoms in total. The highest BCUT2D eigenvalue weighted by molar-refractivity contribution is 5.19. The van der Waals surface area contributed by atoms with Gasteiger partial charge < -0.3 is 9.09 Å². The van der Waals surface area contributed by atoms with Crippen molar-refractivity contribution in [2.24, 2.45) is 0 Å². The summed E-state index contributed by atoms with van der Waals surface area (Å²) in [5.41, 5.74) is 2.65. The molecule has 0 saturated heterocycles. The van der Waals surface area contributed by atoms with Crippen LogP contribution in [-0.4, -0.2) is 31.1 Å². The van der Waals surface area contributed by atoms with Crippen molar-refractivity contribution < 1.29 is 4.52 Å². The summed E-state index contributed by atoms with van der Waals surface area (Å²) < 4.78 is 7.77. The number of rotatable bonds is 4. The van der Waals surface area contributed by atoms with Crippen molar-refractivity contribution >= 4 is 0 Å². The van der Waals surface area contributed by atoms with E-state index in [4.69, 9.17) is 4.52 Å². The number of aryl methyl sites for hydroxylation is 1. The Hall–Kier alpha value is -1.69. The van der Waals surface area contributed by atoms with Crippen molar-refractivity contribution in [3.63, 3.8) is 0 Å². The smallest absolute Gasteiger partial charge is 0.243 e. The molecule has 2 aliphatic rings. The molecule has 0 radical (unpaired) electrons. The Kier molecular flexibility index (Phi) is 3.06. The number of aromatic nitrogens is 4. The molecule has 1 aliphatic carbocycles. The molecule has 6 heteroatoms. The number of hydrogen-bond acceptors (Lipinski definition) is 5. The van der Waals surface area contributed by atoms with Gasteiger partial charge in [0.25, 0.3) is 0 Å². The van der Waals surface area contributed by atoms with E-state index in [-0.39, 0.29) is 6.04 Å². The summed E-state index contributed by atoms with van der Waals surface area (Å²) in [7, 11) is 0. The van der Waals surface area contributed by atoms with Crippen molar-refractivity contribution in [1.82, 2.24) is 24.6 Å². The molecule has 0 spiro atoms. The van der Waals surface area contributed by atoms with Crippen molar-refractivity contribution in [1.29, 1.82) is 0 Å². The Morgan fingerprint density at radius 1 is 1.43 bits per heavy atom. The third-order valence-corrected chi connectivity index (χ3v) is 4.62. The van der Waals surface area contributed by atoms with Crippen LogP contribution in [0.25, 0.3) is 0 Å². The Bertz CT molecular complexity index is 642. The van der Waals surface area contributed by atoms with Gasteiger partial charge >= 0.3 is 0 Å². The molecule has 2 aromatic rings. The lowest BCUT2D eigenvalue weighted by atomic mass is 10.1. The maximum atomic E-state index is 5.38. The molecule has 1 aliphatic heterocycles. The molecular weight excluding hydrogens is 266 g/mol. The van der Waals surface area contributed by atoms with E-state index in [1.807, 2.05) is 13.3 Å². The first-order valence-electron chi connectivity index (χ1n) is 7.87. The second-order valence-corrected chi connectivity index (χ2v) is 6.08. The van der Waals surface area contributed by atoms with Gasteiger partial charge in [-0.3, -0.25) is 4.90 Å². The van der Waals surface area contributed by atoms with Gasteiger partial charge in [-0.25, -0.2) is 4.98 Å². The SMILES string of the molecule is CCc1noc([C@H](C)N2CCc3c(ncn3C3CC3)C2)n1. The van der Waals surface area contributed by atoms with Crippen LogP contribution in [0.3, 0.4) is 0 Å². The minimum absolute atomic E-state index is 0.150. The highest BCUT2D eigenvalue weighted by atomic mass is 16.5. The van der Waals surface area contributed by atoms with E-state index < -0.39 is 0 Å². The van der Waals surface area contributed by atoms with Crippen LogP contribution in [0.4, 0.5) is 0 Å². The second-order valence-electron chi connectivity index (χ2n) is 6.08. The van der Waals surface area contributed by atoms with E-state index in [9.17, 15) is 0 Å². The molecular formula is C15H21N5O. The molecule has 0 N–H and O–H groups in total. The normalized spacial score (nSPS) is 20.5. The summed E-state index contributed by atoms with van der Waals surface area (Å²) in [6.45, 7) is 6.07. The van der Waals surface area contributed by atoms with E-state index in [0.29, 0.717) is 6.04 Å². The molecule has 0 amide bonds. The Morgan fingerprint density at radius 2 is 2.29 bits per heavy atom. The Balaban J connectivity index is 1.52. The van der Waals surface area contributed by atoms with Gasteiger partial charge in [0, 0.05) is 37.7 Å². The molecule has 112 valence electrons. The molecule has 1 saturated carbocycles. The van der Waals surface area contributed by atoms with Crippen molar-refractivity contribution in [2.45, 2.75) is 58.2 Å². The molecule has 1 atom stereocenters. The summed E-state index contributed by atoms with van der Waals surface area (Å²) in [4.78, 5) is 11.5. The van der Waals surface area contributed by atoms with Crippen LogP contribution in [0.2, 0.25) is 0 Å². The zero-order valence-corrected chi connectivity index (χ0v) is 12.6. The summed E-state index contributed by atoms with van der Waals surface area (Å²) >= 11 is 0. The Labute approximate surface area is 124 Å². The quantitative estimate of drug-likeness (QED) is 0.863. The summed E-state index contributed by atoms with van der Waals surface area (Å²) in [6.07, 6.45) is 6.52. The zero-order valence-electron chi connectivity index (χ0n) is 12.6. The highest BCUT2D eigenvalue weighted by Crippen LogP contribution is 2.38. The van der Waals surface area contributed by atoms with Crippen LogP contribution in [-0.2, 0) is 19.4 Å². The van der Waals surface area contributed by atoms with Gasteiger partial charge in [-0.05, 0) is 19.8 Å². The molecule has 0 bridgehead atoms. The second kappa shape index (κ2) is 4.94.